The van der Waals surface area contributed by atoms with Crippen LogP contribution in [0, 0.1) is 5.82 Å². The van der Waals surface area contributed by atoms with Crippen LogP contribution in [0.15, 0.2) is 24.3 Å². The fourth-order valence-electron chi connectivity index (χ4n) is 2.64. The monoisotopic (exact) mass is 314 g/mol. The maximum absolute atomic E-state index is 13.8. The van der Waals surface area contributed by atoms with Crippen molar-refractivity contribution >= 4 is 15.9 Å². The molecule has 18 heavy (non-hydrogen) atoms. The van der Waals surface area contributed by atoms with Gasteiger partial charge in [-0.25, -0.2) is 4.39 Å². The highest BCUT2D eigenvalue weighted by atomic mass is 79.9. The zero-order chi connectivity index (χ0) is 13.2. The van der Waals surface area contributed by atoms with Gasteiger partial charge in [-0.15, -0.1) is 0 Å². The highest BCUT2D eigenvalue weighted by molar-refractivity contribution is 9.09. The summed E-state index contributed by atoms with van der Waals surface area (Å²) in [5.74, 6) is 0.0734. The highest BCUT2D eigenvalue weighted by Crippen LogP contribution is 2.36. The van der Waals surface area contributed by atoms with Crippen molar-refractivity contribution in [1.82, 2.24) is 0 Å². The first-order valence-corrected chi connectivity index (χ1v) is 7.62. The van der Waals surface area contributed by atoms with E-state index in [1.807, 2.05) is 12.1 Å². The summed E-state index contributed by atoms with van der Waals surface area (Å²) in [6.07, 6.45) is 3.30. The van der Waals surface area contributed by atoms with Crippen LogP contribution in [0.5, 0.6) is 0 Å². The van der Waals surface area contributed by atoms with Crippen molar-refractivity contribution in [1.29, 1.82) is 0 Å². The van der Waals surface area contributed by atoms with Gasteiger partial charge in [0, 0.05) is 5.33 Å². The summed E-state index contributed by atoms with van der Waals surface area (Å²) in [5.41, 5.74) is 0.777. The van der Waals surface area contributed by atoms with E-state index in [9.17, 15) is 4.39 Å². The molecule has 1 aromatic carbocycles. The Balaban J connectivity index is 2.05. The fraction of sp³-hybridized carbons (Fsp3) is 0.600. The molecule has 1 nitrogen and oxygen atoms in total. The molecule has 1 heterocycles. The van der Waals surface area contributed by atoms with Crippen LogP contribution in [-0.2, 0) is 4.74 Å². The van der Waals surface area contributed by atoms with Gasteiger partial charge in [0.1, 0.15) is 5.82 Å². The van der Waals surface area contributed by atoms with E-state index < -0.39 is 0 Å². The van der Waals surface area contributed by atoms with E-state index in [1.54, 1.807) is 6.07 Å². The number of rotatable bonds is 4. The second kappa shape index (κ2) is 5.70. The van der Waals surface area contributed by atoms with Gasteiger partial charge in [-0.2, -0.15) is 0 Å². The molecular weight excluding hydrogens is 295 g/mol. The Hall–Kier alpha value is -0.410. The molecule has 0 saturated carbocycles. The summed E-state index contributed by atoms with van der Waals surface area (Å²) in [4.78, 5) is 0. The van der Waals surface area contributed by atoms with Crippen molar-refractivity contribution in [3.05, 3.63) is 35.6 Å². The van der Waals surface area contributed by atoms with E-state index in [-0.39, 0.29) is 23.4 Å². The minimum absolute atomic E-state index is 0.0171. The topological polar surface area (TPSA) is 9.23 Å². The van der Waals surface area contributed by atoms with Crippen LogP contribution in [0.3, 0.4) is 0 Å². The Bertz CT molecular complexity index is 405. The summed E-state index contributed by atoms with van der Waals surface area (Å²) in [6, 6.07) is 7.04. The van der Waals surface area contributed by atoms with Crippen molar-refractivity contribution in [2.45, 2.75) is 50.7 Å². The standard InChI is InChI=1S/C15H20BrFO/c1-15(2)8-7-12(18-15)9-11(10-16)13-5-3-4-6-14(13)17/h3-6,11-12H,7-10H2,1-2H3. The lowest BCUT2D eigenvalue weighted by Gasteiger charge is -2.23. The first-order chi connectivity index (χ1) is 8.52. The molecule has 0 bridgehead atoms. The average Bonchev–Trinajstić information content (AvgIpc) is 2.67. The van der Waals surface area contributed by atoms with Crippen molar-refractivity contribution in [3.8, 4) is 0 Å². The zero-order valence-electron chi connectivity index (χ0n) is 11.0. The van der Waals surface area contributed by atoms with Crippen LogP contribution in [-0.4, -0.2) is 17.0 Å². The van der Waals surface area contributed by atoms with Crippen molar-refractivity contribution in [3.63, 3.8) is 0 Å². The number of hydrogen-bond acceptors (Lipinski definition) is 1. The van der Waals surface area contributed by atoms with Gasteiger partial charge < -0.3 is 4.74 Å². The predicted octanol–water partition coefficient (Wildman–Crippen LogP) is 4.65. The van der Waals surface area contributed by atoms with Gasteiger partial charge in [-0.3, -0.25) is 0 Å². The van der Waals surface area contributed by atoms with E-state index in [1.165, 1.54) is 6.07 Å². The van der Waals surface area contributed by atoms with E-state index in [0.29, 0.717) is 0 Å². The number of alkyl halides is 1. The summed E-state index contributed by atoms with van der Waals surface area (Å²) >= 11 is 3.50. The van der Waals surface area contributed by atoms with Crippen LogP contribution >= 0.6 is 15.9 Å². The minimum Gasteiger partial charge on any atom is -0.372 e. The van der Waals surface area contributed by atoms with E-state index in [2.05, 4.69) is 29.8 Å². The molecule has 0 radical (unpaired) electrons. The van der Waals surface area contributed by atoms with Gasteiger partial charge in [0.05, 0.1) is 11.7 Å². The van der Waals surface area contributed by atoms with Crippen LogP contribution in [0.4, 0.5) is 4.39 Å². The van der Waals surface area contributed by atoms with Gasteiger partial charge in [0.2, 0.25) is 0 Å². The van der Waals surface area contributed by atoms with Gasteiger partial charge in [-0.1, -0.05) is 34.1 Å². The molecule has 3 heteroatoms. The van der Waals surface area contributed by atoms with Crippen molar-refractivity contribution < 1.29 is 9.13 Å². The second-order valence-electron chi connectivity index (χ2n) is 5.65. The number of halogens is 2. The Labute approximate surface area is 117 Å². The molecule has 1 fully saturated rings. The molecular formula is C15H20BrFO. The van der Waals surface area contributed by atoms with E-state index in [0.717, 1.165) is 30.2 Å². The van der Waals surface area contributed by atoms with Gasteiger partial charge >= 0.3 is 0 Å². The first-order valence-electron chi connectivity index (χ1n) is 6.50. The van der Waals surface area contributed by atoms with E-state index >= 15 is 0 Å². The molecule has 100 valence electrons. The summed E-state index contributed by atoms with van der Waals surface area (Å²) in [7, 11) is 0. The molecule has 0 spiro atoms. The minimum atomic E-state index is -0.112. The lowest BCUT2D eigenvalue weighted by atomic mass is 9.93. The zero-order valence-corrected chi connectivity index (χ0v) is 12.5. The Kier molecular flexibility index (Phi) is 4.44. The largest absolute Gasteiger partial charge is 0.372 e. The molecule has 1 aliphatic rings. The molecule has 2 rings (SSSR count). The molecule has 0 amide bonds. The number of hydrogen-bond donors (Lipinski definition) is 0. The molecule has 1 aliphatic heterocycles. The summed E-state index contributed by atoms with van der Waals surface area (Å²) < 4.78 is 19.8. The lowest BCUT2D eigenvalue weighted by molar-refractivity contribution is -0.0202. The summed E-state index contributed by atoms with van der Waals surface area (Å²) in [6.45, 7) is 4.25. The van der Waals surface area contributed by atoms with Crippen LogP contribution < -0.4 is 0 Å². The number of benzene rings is 1. The maximum atomic E-state index is 13.8. The van der Waals surface area contributed by atoms with E-state index in [4.69, 9.17) is 4.74 Å². The fourth-order valence-corrected chi connectivity index (χ4v) is 3.25. The van der Waals surface area contributed by atoms with Crippen LogP contribution in [0.1, 0.15) is 44.6 Å². The molecule has 2 atom stereocenters. The molecule has 1 saturated heterocycles. The SMILES string of the molecule is CC1(C)CCC(CC(CBr)c2ccccc2F)O1. The Morgan fingerprint density at radius 2 is 2.17 bits per heavy atom. The number of ether oxygens (including phenoxy) is 1. The second-order valence-corrected chi connectivity index (χ2v) is 6.29. The summed E-state index contributed by atoms with van der Waals surface area (Å²) in [5, 5.41) is 0.772. The third kappa shape index (κ3) is 3.33. The van der Waals surface area contributed by atoms with Gasteiger partial charge in [0.15, 0.2) is 0 Å². The molecule has 2 unspecified atom stereocenters. The smallest absolute Gasteiger partial charge is 0.126 e. The van der Waals surface area contributed by atoms with Crippen molar-refractivity contribution in [2.24, 2.45) is 0 Å². The third-order valence-corrected chi connectivity index (χ3v) is 4.41. The maximum Gasteiger partial charge on any atom is 0.126 e. The Morgan fingerprint density at radius 1 is 1.44 bits per heavy atom. The van der Waals surface area contributed by atoms with Gasteiger partial charge in [0.25, 0.3) is 0 Å². The molecule has 0 aromatic heterocycles. The van der Waals surface area contributed by atoms with Crippen LogP contribution in [0.2, 0.25) is 0 Å². The third-order valence-electron chi connectivity index (χ3n) is 3.63. The lowest BCUT2D eigenvalue weighted by Crippen LogP contribution is -2.21. The molecule has 0 N–H and O–H groups in total. The van der Waals surface area contributed by atoms with Crippen molar-refractivity contribution in [2.75, 3.05) is 5.33 Å². The molecule has 1 aromatic rings. The van der Waals surface area contributed by atoms with Crippen LogP contribution in [0.25, 0.3) is 0 Å². The quantitative estimate of drug-likeness (QED) is 0.735. The Morgan fingerprint density at radius 3 is 2.72 bits per heavy atom. The highest BCUT2D eigenvalue weighted by Gasteiger charge is 2.33. The normalized spacial score (nSPS) is 24.1. The predicted molar refractivity (Wildman–Crippen MR) is 75.7 cm³/mol. The first kappa shape index (κ1) is 14.0. The average molecular weight is 315 g/mol. The molecule has 0 aliphatic carbocycles. The van der Waals surface area contributed by atoms with Gasteiger partial charge in [-0.05, 0) is 50.7 Å².